The lowest BCUT2D eigenvalue weighted by Crippen LogP contribution is -2.30. The third kappa shape index (κ3) is 4.71. The molecule has 0 aliphatic carbocycles. The summed E-state index contributed by atoms with van der Waals surface area (Å²) in [5, 5.41) is 3.97. The number of thiophene rings is 1. The van der Waals surface area contributed by atoms with Crippen molar-refractivity contribution in [1.82, 2.24) is 15.2 Å². The Balaban J connectivity index is 2.09. The first kappa shape index (κ1) is 18.3. The molecule has 2 heterocycles. The van der Waals surface area contributed by atoms with E-state index < -0.39 is 31.0 Å². The van der Waals surface area contributed by atoms with E-state index in [4.69, 9.17) is 0 Å². The Morgan fingerprint density at radius 1 is 1.42 bits per heavy atom. The van der Waals surface area contributed by atoms with E-state index in [1.807, 2.05) is 0 Å². The number of carbonyl (C=O) groups is 1. The minimum atomic E-state index is -4.75. The maximum atomic E-state index is 12.4. The Labute approximate surface area is 135 Å². The van der Waals surface area contributed by atoms with Gasteiger partial charge in [-0.1, -0.05) is 5.16 Å². The van der Waals surface area contributed by atoms with Gasteiger partial charge in [0.05, 0.1) is 11.4 Å². The average molecular weight is 371 g/mol. The van der Waals surface area contributed by atoms with E-state index in [0.29, 0.717) is 4.88 Å². The van der Waals surface area contributed by atoms with E-state index >= 15 is 0 Å². The van der Waals surface area contributed by atoms with E-state index in [1.54, 1.807) is 0 Å². The molecule has 24 heavy (non-hydrogen) atoms. The van der Waals surface area contributed by atoms with Crippen molar-refractivity contribution in [2.24, 2.45) is 0 Å². The number of nitrogens with zero attached hydrogens (tertiary/aromatic N) is 3. The first-order valence-electron chi connectivity index (χ1n) is 6.36. The van der Waals surface area contributed by atoms with Gasteiger partial charge in [-0.15, -0.1) is 11.3 Å². The Morgan fingerprint density at radius 3 is 2.67 bits per heavy atom. The summed E-state index contributed by atoms with van der Waals surface area (Å²) < 4.78 is 65.7. The van der Waals surface area contributed by atoms with Gasteiger partial charge in [0.1, 0.15) is 6.61 Å². The summed E-state index contributed by atoms with van der Waals surface area (Å²) in [5.41, 5.74) is 0. The number of halogens is 5. The van der Waals surface area contributed by atoms with E-state index in [-0.39, 0.29) is 17.2 Å². The molecule has 0 N–H and O–H groups in total. The predicted molar refractivity (Wildman–Crippen MR) is 70.8 cm³/mol. The van der Waals surface area contributed by atoms with Gasteiger partial charge in [0, 0.05) is 11.8 Å². The number of hydrogen-bond donors (Lipinski definition) is 0. The van der Waals surface area contributed by atoms with Gasteiger partial charge in [0.25, 0.3) is 6.43 Å². The number of alkyl halides is 5. The largest absolute Gasteiger partial charge is 0.471 e. The normalized spacial score (nSPS) is 12.0. The maximum absolute atomic E-state index is 12.4. The number of hydroxylamine groups is 2. The molecule has 132 valence electrons. The fourth-order valence-corrected chi connectivity index (χ4v) is 2.47. The van der Waals surface area contributed by atoms with E-state index in [0.717, 1.165) is 23.3 Å². The third-order valence-electron chi connectivity index (χ3n) is 2.56. The summed E-state index contributed by atoms with van der Waals surface area (Å²) in [6.45, 7) is 0.0447. The van der Waals surface area contributed by atoms with Crippen molar-refractivity contribution in [3.8, 4) is 10.7 Å². The molecule has 0 spiro atoms. The van der Waals surface area contributed by atoms with Crippen LogP contribution in [0.15, 0.2) is 16.7 Å². The molecule has 0 aromatic carbocycles. The van der Waals surface area contributed by atoms with Gasteiger partial charge in [0.2, 0.25) is 11.7 Å². The zero-order valence-corrected chi connectivity index (χ0v) is 12.8. The first-order chi connectivity index (χ1) is 11.2. The molecule has 1 amide bonds. The second-order valence-electron chi connectivity index (χ2n) is 4.43. The molecule has 0 radical (unpaired) electrons. The molecule has 12 heteroatoms. The van der Waals surface area contributed by atoms with Crippen LogP contribution >= 0.6 is 11.3 Å². The molecule has 2 rings (SSSR count). The highest BCUT2D eigenvalue weighted by molar-refractivity contribution is 7.15. The van der Waals surface area contributed by atoms with Crippen molar-refractivity contribution in [1.29, 1.82) is 0 Å². The summed E-state index contributed by atoms with van der Waals surface area (Å²) in [4.78, 5) is 20.0. The molecule has 0 unspecified atom stereocenters. The molecule has 0 aliphatic rings. The lowest BCUT2D eigenvalue weighted by atomic mass is 10.4. The molecular formula is C12H10F5N3O3S. The lowest BCUT2D eigenvalue weighted by molar-refractivity contribution is -0.199. The van der Waals surface area contributed by atoms with Gasteiger partial charge in [-0.3, -0.25) is 9.63 Å². The summed E-state index contributed by atoms with van der Waals surface area (Å²) in [5.74, 6) is -2.33. The van der Waals surface area contributed by atoms with Crippen LogP contribution in [0, 0.1) is 0 Å². The van der Waals surface area contributed by atoms with Crippen molar-refractivity contribution in [2.45, 2.75) is 26.1 Å². The number of carbonyl (C=O) groups excluding carboxylic acids is 1. The fourth-order valence-electron chi connectivity index (χ4n) is 1.56. The quantitative estimate of drug-likeness (QED) is 0.575. The van der Waals surface area contributed by atoms with Crippen molar-refractivity contribution in [3.63, 3.8) is 0 Å². The average Bonchev–Trinajstić information content (AvgIpc) is 3.10. The molecule has 2 aromatic rings. The van der Waals surface area contributed by atoms with Gasteiger partial charge in [0.15, 0.2) is 0 Å². The van der Waals surface area contributed by atoms with Gasteiger partial charge in [-0.25, -0.2) is 13.8 Å². The van der Waals surface area contributed by atoms with Crippen LogP contribution < -0.4 is 0 Å². The first-order valence-corrected chi connectivity index (χ1v) is 7.17. The molecule has 0 aliphatic heterocycles. The maximum Gasteiger partial charge on any atom is 0.471 e. The Morgan fingerprint density at radius 2 is 2.12 bits per heavy atom. The van der Waals surface area contributed by atoms with E-state index in [2.05, 4.69) is 19.5 Å². The van der Waals surface area contributed by atoms with Crippen LogP contribution in [0.1, 0.15) is 17.7 Å². The summed E-state index contributed by atoms with van der Waals surface area (Å²) in [7, 11) is 0. The highest BCUT2D eigenvalue weighted by Crippen LogP contribution is 2.32. The van der Waals surface area contributed by atoms with Crippen LogP contribution in [0.3, 0.4) is 0 Å². The van der Waals surface area contributed by atoms with Gasteiger partial charge in [-0.05, 0) is 12.1 Å². The van der Waals surface area contributed by atoms with E-state index in [1.165, 1.54) is 12.1 Å². The fraction of sp³-hybridized carbons (Fsp3) is 0.417. The van der Waals surface area contributed by atoms with Crippen LogP contribution in [-0.2, 0) is 22.4 Å². The highest BCUT2D eigenvalue weighted by atomic mass is 32.1. The van der Waals surface area contributed by atoms with Crippen molar-refractivity contribution in [2.75, 3.05) is 6.61 Å². The van der Waals surface area contributed by atoms with Crippen molar-refractivity contribution < 1.29 is 36.1 Å². The number of rotatable bonds is 6. The SMILES string of the molecule is CC(=O)N(Cc1ccc(-c2noc(C(F)(F)F)n2)s1)OCC(F)F. The molecule has 6 nitrogen and oxygen atoms in total. The van der Waals surface area contributed by atoms with Gasteiger partial charge < -0.3 is 4.52 Å². The summed E-state index contributed by atoms with van der Waals surface area (Å²) in [6.07, 6.45) is -7.49. The monoisotopic (exact) mass is 371 g/mol. The molecular weight excluding hydrogens is 361 g/mol. The van der Waals surface area contributed by atoms with Gasteiger partial charge in [-0.2, -0.15) is 18.2 Å². The van der Waals surface area contributed by atoms with Crippen LogP contribution in [0.4, 0.5) is 22.0 Å². The molecule has 2 aromatic heterocycles. The molecule has 0 saturated heterocycles. The Kier molecular flexibility index (Phi) is 5.49. The van der Waals surface area contributed by atoms with Crippen molar-refractivity contribution >= 4 is 17.2 Å². The molecule has 0 saturated carbocycles. The molecule has 0 fully saturated rings. The molecule has 0 bridgehead atoms. The zero-order chi connectivity index (χ0) is 17.9. The third-order valence-corrected chi connectivity index (χ3v) is 3.62. The Bertz CT molecular complexity index is 700. The number of aromatic nitrogens is 2. The smallest absolute Gasteiger partial charge is 0.329 e. The summed E-state index contributed by atoms with van der Waals surface area (Å²) >= 11 is 0.976. The lowest BCUT2D eigenvalue weighted by Gasteiger charge is -2.19. The summed E-state index contributed by atoms with van der Waals surface area (Å²) in [6, 6.07) is 2.92. The standard InChI is InChI=1S/C12H10F5N3O3S/c1-6(21)20(22-5-9(13)14)4-7-2-3-8(24-7)10-18-11(23-19-10)12(15,16)17/h2-3,9H,4-5H2,1H3. The zero-order valence-electron chi connectivity index (χ0n) is 12.0. The Hall–Kier alpha value is -2.08. The second-order valence-corrected chi connectivity index (χ2v) is 5.60. The van der Waals surface area contributed by atoms with Gasteiger partial charge >= 0.3 is 12.1 Å². The van der Waals surface area contributed by atoms with Crippen LogP contribution in [0.5, 0.6) is 0 Å². The second kappa shape index (κ2) is 7.21. The van der Waals surface area contributed by atoms with Crippen molar-refractivity contribution in [3.05, 3.63) is 22.9 Å². The predicted octanol–water partition coefficient (Wildman–Crippen LogP) is 3.36. The van der Waals surface area contributed by atoms with Crippen LogP contribution in [-0.4, -0.2) is 34.1 Å². The van der Waals surface area contributed by atoms with Crippen LogP contribution in [0.25, 0.3) is 10.7 Å². The molecule has 0 atom stereocenters. The minimum absolute atomic E-state index is 0.142. The topological polar surface area (TPSA) is 68.5 Å². The van der Waals surface area contributed by atoms with Crippen LogP contribution in [0.2, 0.25) is 0 Å². The highest BCUT2D eigenvalue weighted by Gasteiger charge is 2.38. The number of hydrogen-bond acceptors (Lipinski definition) is 6. The van der Waals surface area contributed by atoms with E-state index in [9.17, 15) is 26.7 Å². The number of amides is 1. The minimum Gasteiger partial charge on any atom is -0.329 e.